The molecular weight excluding hydrogens is 543 g/mol. The fraction of sp³-hybridized carbons (Fsp3) is 0.975. The van der Waals surface area contributed by atoms with Crippen LogP contribution in [0.3, 0.4) is 0 Å². The van der Waals surface area contributed by atoms with Crippen molar-refractivity contribution in [3.05, 3.63) is 0 Å². The third-order valence-corrected chi connectivity index (χ3v) is 16.7. The fourth-order valence-electron chi connectivity index (χ4n) is 7.23. The molecule has 0 aliphatic carbocycles. The average molecular weight is 627 g/mol. The van der Waals surface area contributed by atoms with Crippen molar-refractivity contribution in [2.24, 2.45) is 0 Å². The number of unbranched alkanes of at least 4 members (excludes halogenated alkanes) is 24. The van der Waals surface area contributed by atoms with E-state index in [0.717, 1.165) is 6.42 Å². The predicted octanol–water partition coefficient (Wildman–Crippen LogP) is 14.8. The van der Waals surface area contributed by atoms with Gasteiger partial charge in [0.25, 0.3) is 0 Å². The Balaban J connectivity index is 5.95. The molecule has 0 N–H and O–H groups in total. The Labute approximate surface area is 273 Å². The monoisotopic (exact) mass is 627 g/mol. The van der Waals surface area contributed by atoms with E-state index in [1.54, 1.807) is 0 Å². The Hall–Kier alpha value is -0.100. The molecule has 0 aromatic carbocycles. The summed E-state index contributed by atoms with van der Waals surface area (Å²) in [4.78, 5) is 13.8. The molecule has 0 aliphatic rings. The predicted molar refractivity (Wildman–Crippen MR) is 199 cm³/mol. The number of hydrogen-bond acceptors (Lipinski definition) is 2. The second-order valence-corrected chi connectivity index (χ2v) is 20.1. The molecule has 43 heavy (non-hydrogen) atoms. The van der Waals surface area contributed by atoms with E-state index in [-0.39, 0.29) is 5.97 Å². The summed E-state index contributed by atoms with van der Waals surface area (Å²) in [6.07, 6.45) is 43.7. The Bertz CT molecular complexity index is 514. The molecule has 0 aromatic rings. The van der Waals surface area contributed by atoms with E-state index in [1.165, 1.54) is 204 Å². The molecule has 0 saturated carbocycles. The zero-order chi connectivity index (χ0) is 31.8. The van der Waals surface area contributed by atoms with Gasteiger partial charge < -0.3 is 0 Å². The number of carbonyl (C=O) groups excluding carboxylic acids is 1. The van der Waals surface area contributed by atoms with E-state index in [9.17, 15) is 4.79 Å². The molecule has 0 aromatic heterocycles. The van der Waals surface area contributed by atoms with E-state index < -0.39 is 6.83 Å². The topological polar surface area (TPSA) is 26.3 Å². The van der Waals surface area contributed by atoms with E-state index >= 15 is 0 Å². The first kappa shape index (κ1) is 42.9. The van der Waals surface area contributed by atoms with Gasteiger partial charge in [0.15, 0.2) is 0 Å². The zero-order valence-corrected chi connectivity index (χ0v) is 31.7. The van der Waals surface area contributed by atoms with Gasteiger partial charge in [-0.05, 0) is 0 Å². The van der Waals surface area contributed by atoms with E-state index in [0.29, 0.717) is 6.42 Å². The molecule has 0 aliphatic heterocycles. The zero-order valence-electron chi connectivity index (χ0n) is 30.8. The van der Waals surface area contributed by atoms with Crippen molar-refractivity contribution < 1.29 is 9.32 Å². The minimum atomic E-state index is -2.62. The van der Waals surface area contributed by atoms with Gasteiger partial charge in [-0.15, -0.1) is 0 Å². The number of rotatable bonds is 35. The third kappa shape index (κ3) is 23.8. The first-order valence-electron chi connectivity index (χ1n) is 20.2. The van der Waals surface area contributed by atoms with Gasteiger partial charge in [0.1, 0.15) is 0 Å². The summed E-state index contributed by atoms with van der Waals surface area (Å²) in [6, 6.07) is 0. The first-order chi connectivity index (χ1) is 21.0. The van der Waals surface area contributed by atoms with Crippen molar-refractivity contribution in [2.75, 3.05) is 24.6 Å². The molecule has 0 amide bonds. The van der Waals surface area contributed by atoms with Crippen LogP contribution >= 0.6 is 6.83 Å². The van der Waals surface area contributed by atoms with Gasteiger partial charge in [0, 0.05) is 0 Å². The molecule has 0 spiro atoms. The molecule has 0 saturated heterocycles. The van der Waals surface area contributed by atoms with Gasteiger partial charge >= 0.3 is 274 Å². The quantitative estimate of drug-likeness (QED) is 0.0517. The van der Waals surface area contributed by atoms with Crippen LogP contribution < -0.4 is 0 Å². The van der Waals surface area contributed by atoms with Gasteiger partial charge in [-0.1, -0.05) is 0 Å². The Morgan fingerprint density at radius 1 is 0.349 bits per heavy atom. The first-order valence-corrected chi connectivity index (χ1v) is 23.1. The Kier molecular flexibility index (Phi) is 30.5. The molecule has 0 rings (SSSR count). The van der Waals surface area contributed by atoms with E-state index in [1.807, 2.05) is 0 Å². The van der Waals surface area contributed by atoms with Crippen molar-refractivity contribution >= 4 is 12.8 Å². The summed E-state index contributed by atoms with van der Waals surface area (Å²) in [7, 11) is 0. The van der Waals surface area contributed by atoms with Crippen LogP contribution in [-0.2, 0) is 9.32 Å². The summed E-state index contributed by atoms with van der Waals surface area (Å²) in [5.74, 6) is 0.183. The van der Waals surface area contributed by atoms with Crippen LogP contribution in [0.2, 0.25) is 0 Å². The van der Waals surface area contributed by atoms with Crippen LogP contribution in [0, 0.1) is 0 Å². The van der Waals surface area contributed by atoms with Crippen LogP contribution in [0.25, 0.3) is 0 Å². The molecule has 2 nitrogen and oxygen atoms in total. The number of hydrogen-bond donors (Lipinski definition) is 0. The standard InChI is InChI=1S/C40H83O2P/c1-6-11-16-21-26-31-36-43(37-32-27-22-17-12-7-2,38-33-28-23-18-13-8-3,39-34-29-24-19-14-9-4)42-40(41)35-30-25-20-15-10-5/h6-39H2,1-5H3. The normalized spacial score (nSPS) is 12.8. The second kappa shape index (κ2) is 30.5. The van der Waals surface area contributed by atoms with Gasteiger partial charge in [0.2, 0.25) is 0 Å². The van der Waals surface area contributed by atoms with E-state index in [4.69, 9.17) is 4.52 Å². The molecule has 3 heteroatoms. The van der Waals surface area contributed by atoms with Crippen molar-refractivity contribution in [1.82, 2.24) is 0 Å². The summed E-state index contributed by atoms with van der Waals surface area (Å²) in [6.45, 7) is 8.91. The van der Waals surface area contributed by atoms with Crippen molar-refractivity contribution in [3.8, 4) is 0 Å². The summed E-state index contributed by atoms with van der Waals surface area (Å²) in [5, 5.41) is 0. The van der Waals surface area contributed by atoms with Crippen LogP contribution in [-0.4, -0.2) is 30.6 Å². The molecule has 0 bridgehead atoms. The molecule has 0 heterocycles. The van der Waals surface area contributed by atoms with Crippen LogP contribution in [0.15, 0.2) is 0 Å². The van der Waals surface area contributed by atoms with Crippen molar-refractivity contribution in [1.29, 1.82) is 0 Å². The molecule has 260 valence electrons. The second-order valence-electron chi connectivity index (χ2n) is 14.5. The van der Waals surface area contributed by atoms with Gasteiger partial charge in [-0.3, -0.25) is 0 Å². The molecule has 0 radical (unpaired) electrons. The Morgan fingerprint density at radius 3 is 0.860 bits per heavy atom. The molecule has 0 atom stereocenters. The summed E-state index contributed by atoms with van der Waals surface area (Å²) >= 11 is 0. The van der Waals surface area contributed by atoms with Crippen molar-refractivity contribution in [3.63, 3.8) is 0 Å². The maximum atomic E-state index is 13.8. The number of carbonyl (C=O) groups is 1. The van der Waals surface area contributed by atoms with Gasteiger partial charge in [0.05, 0.1) is 0 Å². The average Bonchev–Trinajstić information content (AvgIpc) is 3.00. The fourth-order valence-corrected chi connectivity index (χ4v) is 13.7. The van der Waals surface area contributed by atoms with Crippen LogP contribution in [0.5, 0.6) is 0 Å². The summed E-state index contributed by atoms with van der Waals surface area (Å²) < 4.78 is 7.23. The Morgan fingerprint density at radius 2 is 0.581 bits per heavy atom. The maximum absolute atomic E-state index is 13.8. The molecular formula is C40H83O2P. The van der Waals surface area contributed by atoms with Crippen LogP contribution in [0.4, 0.5) is 0 Å². The molecule has 0 unspecified atom stereocenters. The van der Waals surface area contributed by atoms with Gasteiger partial charge in [-0.2, -0.15) is 0 Å². The minimum absolute atomic E-state index is 0.183. The summed E-state index contributed by atoms with van der Waals surface area (Å²) in [5.41, 5.74) is 0. The van der Waals surface area contributed by atoms with Crippen LogP contribution in [0.1, 0.15) is 227 Å². The van der Waals surface area contributed by atoms with Crippen molar-refractivity contribution in [2.45, 2.75) is 227 Å². The van der Waals surface area contributed by atoms with E-state index in [2.05, 4.69) is 34.6 Å². The van der Waals surface area contributed by atoms with Gasteiger partial charge in [-0.25, -0.2) is 0 Å². The molecule has 0 fully saturated rings. The SMILES string of the molecule is CCCCCCCCP(CCCCCCCC)(CCCCCCCC)(CCCCCCCC)OC(=O)CCCCCCC. The third-order valence-electron chi connectivity index (χ3n) is 10.2.